The molecule has 1 aliphatic heterocycles. The zero-order valence-electron chi connectivity index (χ0n) is 11.1. The second kappa shape index (κ2) is 6.29. The van der Waals surface area contributed by atoms with Gasteiger partial charge < -0.3 is 9.47 Å². The van der Waals surface area contributed by atoms with E-state index in [0.717, 1.165) is 43.1 Å². The molecule has 0 bridgehead atoms. The molecule has 0 radical (unpaired) electrons. The number of nitrogens with one attached hydrogen (secondary N) is 1. The first-order valence-corrected chi connectivity index (χ1v) is 7.20. The van der Waals surface area contributed by atoms with E-state index in [1.54, 1.807) is 6.20 Å². The van der Waals surface area contributed by atoms with Gasteiger partial charge in [0.15, 0.2) is 0 Å². The Bertz CT molecular complexity index is 551. The molecule has 5 heteroatoms. The van der Waals surface area contributed by atoms with Crippen LogP contribution in [0, 0.1) is 5.92 Å². The summed E-state index contributed by atoms with van der Waals surface area (Å²) in [5, 5.41) is 7.54. The van der Waals surface area contributed by atoms with Crippen LogP contribution >= 0.6 is 11.6 Å². The molecule has 0 aliphatic carbocycles. The minimum atomic E-state index is 0.471. The first kappa shape index (κ1) is 13.5. The summed E-state index contributed by atoms with van der Waals surface area (Å²) >= 11 is 6.15. The molecule has 1 aromatic heterocycles. The Morgan fingerprint density at radius 3 is 3.10 bits per heavy atom. The molecule has 0 spiro atoms. The third-order valence-electron chi connectivity index (χ3n) is 3.42. The summed E-state index contributed by atoms with van der Waals surface area (Å²) in [6.07, 6.45) is 3.99. The van der Waals surface area contributed by atoms with Crippen molar-refractivity contribution in [2.24, 2.45) is 5.92 Å². The zero-order chi connectivity index (χ0) is 13.8. The highest BCUT2D eigenvalue weighted by Crippen LogP contribution is 2.28. The summed E-state index contributed by atoms with van der Waals surface area (Å²) in [6.45, 7) is 2.33. The van der Waals surface area contributed by atoms with E-state index in [9.17, 15) is 0 Å². The predicted octanol–water partition coefficient (Wildman–Crippen LogP) is 3.54. The van der Waals surface area contributed by atoms with Gasteiger partial charge in [0.2, 0.25) is 0 Å². The van der Waals surface area contributed by atoms with Crippen molar-refractivity contribution in [2.45, 2.75) is 12.8 Å². The topological polar surface area (TPSA) is 47.1 Å². The van der Waals surface area contributed by atoms with Gasteiger partial charge in [0, 0.05) is 29.3 Å². The molecule has 106 valence electrons. The normalized spacial score (nSPS) is 18.9. The molecule has 1 N–H and O–H groups in total. The number of halogens is 1. The lowest BCUT2D eigenvalue weighted by molar-refractivity contribution is 0.0352. The number of hydrogen-bond donors (Lipinski definition) is 1. The highest BCUT2D eigenvalue weighted by molar-refractivity contribution is 6.31. The number of benzene rings is 1. The second-order valence-corrected chi connectivity index (χ2v) is 5.48. The van der Waals surface area contributed by atoms with Gasteiger partial charge in [-0.15, -0.1) is 0 Å². The van der Waals surface area contributed by atoms with E-state index in [1.165, 1.54) is 0 Å². The Morgan fingerprint density at radius 2 is 2.35 bits per heavy atom. The second-order valence-electron chi connectivity index (χ2n) is 5.04. The average Bonchev–Trinajstić information content (AvgIpc) is 3.00. The van der Waals surface area contributed by atoms with Crippen molar-refractivity contribution in [3.05, 3.63) is 35.5 Å². The van der Waals surface area contributed by atoms with E-state index in [4.69, 9.17) is 21.1 Å². The standard InChI is InChI=1S/C15H17ClN2O2/c16-13-6-12(15-3-4-17-18-15)7-14(8-13)20-10-11-2-1-5-19-9-11/h3-4,6-8,11H,1-2,5,9-10H2,(H,17,18). The van der Waals surface area contributed by atoms with Crippen LogP contribution < -0.4 is 4.74 Å². The van der Waals surface area contributed by atoms with Gasteiger partial charge in [-0.3, -0.25) is 5.10 Å². The molecular formula is C15H17ClN2O2. The van der Waals surface area contributed by atoms with Crippen LogP contribution in [0.2, 0.25) is 5.02 Å². The van der Waals surface area contributed by atoms with Crippen molar-refractivity contribution >= 4 is 11.6 Å². The quantitative estimate of drug-likeness (QED) is 0.937. The Balaban J connectivity index is 1.69. The summed E-state index contributed by atoms with van der Waals surface area (Å²) in [5.74, 6) is 1.26. The largest absolute Gasteiger partial charge is 0.493 e. The smallest absolute Gasteiger partial charge is 0.121 e. The fourth-order valence-electron chi connectivity index (χ4n) is 2.37. The molecule has 3 rings (SSSR count). The predicted molar refractivity (Wildman–Crippen MR) is 78.1 cm³/mol. The molecular weight excluding hydrogens is 276 g/mol. The minimum Gasteiger partial charge on any atom is -0.493 e. The molecule has 2 aromatic rings. The van der Waals surface area contributed by atoms with Crippen molar-refractivity contribution in [1.82, 2.24) is 10.2 Å². The van der Waals surface area contributed by atoms with Gasteiger partial charge in [0.05, 0.1) is 18.9 Å². The minimum absolute atomic E-state index is 0.471. The maximum Gasteiger partial charge on any atom is 0.121 e. The summed E-state index contributed by atoms with van der Waals surface area (Å²) in [5.41, 5.74) is 1.91. The summed E-state index contributed by atoms with van der Waals surface area (Å²) < 4.78 is 11.3. The van der Waals surface area contributed by atoms with Gasteiger partial charge in [0.1, 0.15) is 5.75 Å². The Hall–Kier alpha value is -1.52. The van der Waals surface area contributed by atoms with E-state index >= 15 is 0 Å². The molecule has 2 heterocycles. The Morgan fingerprint density at radius 1 is 1.40 bits per heavy atom. The van der Waals surface area contributed by atoms with E-state index in [0.29, 0.717) is 17.5 Å². The Kier molecular flexibility index (Phi) is 4.23. The highest BCUT2D eigenvalue weighted by atomic mass is 35.5. The molecule has 20 heavy (non-hydrogen) atoms. The van der Waals surface area contributed by atoms with Gasteiger partial charge in [-0.25, -0.2) is 0 Å². The maximum atomic E-state index is 6.15. The van der Waals surface area contributed by atoms with E-state index in [-0.39, 0.29) is 0 Å². The number of aromatic amines is 1. The van der Waals surface area contributed by atoms with Crippen LogP contribution in [0.15, 0.2) is 30.5 Å². The number of nitrogens with zero attached hydrogens (tertiary/aromatic N) is 1. The molecule has 1 fully saturated rings. The zero-order valence-corrected chi connectivity index (χ0v) is 11.9. The molecule has 1 unspecified atom stereocenters. The van der Waals surface area contributed by atoms with Crippen LogP contribution in [0.1, 0.15) is 12.8 Å². The third kappa shape index (κ3) is 3.32. The van der Waals surface area contributed by atoms with Crippen molar-refractivity contribution in [3.63, 3.8) is 0 Å². The van der Waals surface area contributed by atoms with Gasteiger partial charge in [0.25, 0.3) is 0 Å². The summed E-state index contributed by atoms with van der Waals surface area (Å²) in [4.78, 5) is 0. The molecule has 0 saturated carbocycles. The van der Waals surface area contributed by atoms with Crippen molar-refractivity contribution in [2.75, 3.05) is 19.8 Å². The van der Waals surface area contributed by atoms with Crippen molar-refractivity contribution in [1.29, 1.82) is 0 Å². The Labute approximate surface area is 123 Å². The van der Waals surface area contributed by atoms with Crippen LogP contribution in [0.3, 0.4) is 0 Å². The van der Waals surface area contributed by atoms with Gasteiger partial charge in [-0.2, -0.15) is 5.10 Å². The molecule has 1 aromatic carbocycles. The summed E-state index contributed by atoms with van der Waals surface area (Å²) in [7, 11) is 0. The molecule has 1 aliphatic rings. The van der Waals surface area contributed by atoms with Crippen LogP contribution in [0.25, 0.3) is 11.3 Å². The average molecular weight is 293 g/mol. The van der Waals surface area contributed by atoms with Crippen LogP contribution in [-0.2, 0) is 4.74 Å². The SMILES string of the molecule is Clc1cc(OCC2CCCOC2)cc(-c2ccn[nH]2)c1. The van der Waals surface area contributed by atoms with Gasteiger partial charge in [-0.05, 0) is 37.1 Å². The van der Waals surface area contributed by atoms with Crippen LogP contribution in [0.5, 0.6) is 5.75 Å². The lowest BCUT2D eigenvalue weighted by Gasteiger charge is -2.22. The molecule has 1 atom stereocenters. The van der Waals surface area contributed by atoms with Crippen LogP contribution in [-0.4, -0.2) is 30.0 Å². The monoisotopic (exact) mass is 292 g/mol. The number of H-pyrrole nitrogens is 1. The molecule has 0 amide bonds. The first-order valence-electron chi connectivity index (χ1n) is 6.82. The highest BCUT2D eigenvalue weighted by Gasteiger charge is 2.15. The maximum absolute atomic E-state index is 6.15. The fraction of sp³-hybridized carbons (Fsp3) is 0.400. The van der Waals surface area contributed by atoms with Crippen LogP contribution in [0.4, 0.5) is 0 Å². The number of rotatable bonds is 4. The summed E-state index contributed by atoms with van der Waals surface area (Å²) in [6, 6.07) is 7.62. The third-order valence-corrected chi connectivity index (χ3v) is 3.64. The number of hydrogen-bond acceptors (Lipinski definition) is 3. The first-order chi connectivity index (χ1) is 9.81. The molecule has 1 saturated heterocycles. The van der Waals surface area contributed by atoms with Crippen molar-refractivity contribution < 1.29 is 9.47 Å². The number of aromatic nitrogens is 2. The van der Waals surface area contributed by atoms with Gasteiger partial charge >= 0.3 is 0 Å². The lowest BCUT2D eigenvalue weighted by Crippen LogP contribution is -2.23. The van der Waals surface area contributed by atoms with Gasteiger partial charge in [-0.1, -0.05) is 11.6 Å². The fourth-order valence-corrected chi connectivity index (χ4v) is 2.60. The lowest BCUT2D eigenvalue weighted by atomic mass is 10.0. The molecule has 4 nitrogen and oxygen atoms in total. The van der Waals surface area contributed by atoms with E-state index < -0.39 is 0 Å². The number of ether oxygens (including phenoxy) is 2. The van der Waals surface area contributed by atoms with E-state index in [1.807, 2.05) is 24.3 Å². The van der Waals surface area contributed by atoms with Crippen molar-refractivity contribution in [3.8, 4) is 17.0 Å². The van der Waals surface area contributed by atoms with E-state index in [2.05, 4.69) is 10.2 Å².